The van der Waals surface area contributed by atoms with Crippen LogP contribution in [0.5, 0.6) is 5.75 Å². The van der Waals surface area contributed by atoms with Gasteiger partial charge in [0.25, 0.3) is 0 Å². The standard InChI is InChI=1S/C9H11NO2.CH2Cl2/c1-7(11)10-8-5-3-4-6-9(8)12-2;2-1-3/h3-6H,1-2H3,(H,10,11);1H2. The Kier molecular flexibility index (Phi) is 7.86. The fourth-order valence-electron chi connectivity index (χ4n) is 0.938. The third kappa shape index (κ3) is 6.20. The minimum Gasteiger partial charge on any atom is -0.495 e. The van der Waals surface area contributed by atoms with Crippen LogP contribution >= 0.6 is 23.2 Å². The van der Waals surface area contributed by atoms with Gasteiger partial charge in [-0.25, -0.2) is 0 Å². The lowest BCUT2D eigenvalue weighted by Crippen LogP contribution is -2.06. The maximum Gasteiger partial charge on any atom is 0.221 e. The minimum atomic E-state index is -0.0977. The van der Waals surface area contributed by atoms with Gasteiger partial charge in [0.05, 0.1) is 18.1 Å². The maximum atomic E-state index is 10.7. The average Bonchev–Trinajstić information content (AvgIpc) is 2.19. The molecule has 0 aliphatic rings. The van der Waals surface area contributed by atoms with Crippen molar-refractivity contribution in [2.45, 2.75) is 6.92 Å². The van der Waals surface area contributed by atoms with E-state index in [4.69, 9.17) is 27.9 Å². The van der Waals surface area contributed by atoms with E-state index in [0.717, 1.165) is 0 Å². The number of para-hydroxylation sites is 2. The number of hydrogen-bond donors (Lipinski definition) is 1. The van der Waals surface area contributed by atoms with Crippen LogP contribution in [0.15, 0.2) is 24.3 Å². The minimum absolute atomic E-state index is 0.0977. The second-order valence-corrected chi connectivity index (χ2v) is 3.29. The molecule has 0 aromatic heterocycles. The molecule has 1 amide bonds. The van der Waals surface area contributed by atoms with Gasteiger partial charge in [-0.2, -0.15) is 0 Å². The number of methoxy groups -OCH3 is 1. The number of nitrogens with one attached hydrogen (secondary N) is 1. The molecule has 0 saturated heterocycles. The first-order chi connectivity index (χ1) is 7.15. The van der Waals surface area contributed by atoms with Crippen LogP contribution in [0.2, 0.25) is 0 Å². The van der Waals surface area contributed by atoms with Gasteiger partial charge < -0.3 is 10.1 Å². The molecule has 0 radical (unpaired) electrons. The number of hydrogen-bond acceptors (Lipinski definition) is 2. The van der Waals surface area contributed by atoms with Crippen molar-refractivity contribution in [3.05, 3.63) is 24.3 Å². The highest BCUT2D eigenvalue weighted by molar-refractivity contribution is 6.40. The first-order valence-electron chi connectivity index (χ1n) is 4.18. The molecule has 0 fully saturated rings. The summed E-state index contributed by atoms with van der Waals surface area (Å²) in [5.41, 5.74) is 0.701. The van der Waals surface area contributed by atoms with Crippen LogP contribution < -0.4 is 10.1 Å². The van der Waals surface area contributed by atoms with E-state index >= 15 is 0 Å². The molecule has 5 heteroatoms. The maximum absolute atomic E-state index is 10.7. The highest BCUT2D eigenvalue weighted by atomic mass is 35.5. The summed E-state index contributed by atoms with van der Waals surface area (Å²) in [4.78, 5) is 10.7. The zero-order chi connectivity index (χ0) is 11.7. The van der Waals surface area contributed by atoms with Gasteiger partial charge in [0, 0.05) is 6.92 Å². The Bertz CT molecular complexity index is 305. The molecule has 0 heterocycles. The van der Waals surface area contributed by atoms with E-state index in [2.05, 4.69) is 5.32 Å². The Morgan fingerprint density at radius 3 is 2.40 bits per heavy atom. The van der Waals surface area contributed by atoms with Gasteiger partial charge in [-0.1, -0.05) is 12.1 Å². The number of anilines is 1. The van der Waals surface area contributed by atoms with Gasteiger partial charge in [-0.15, -0.1) is 23.2 Å². The molecule has 0 atom stereocenters. The molecule has 0 aliphatic carbocycles. The Morgan fingerprint density at radius 2 is 1.93 bits per heavy atom. The van der Waals surface area contributed by atoms with Crippen LogP contribution in [-0.2, 0) is 4.79 Å². The summed E-state index contributed by atoms with van der Waals surface area (Å²) in [6.45, 7) is 1.46. The molecule has 1 aromatic carbocycles. The fraction of sp³-hybridized carbons (Fsp3) is 0.300. The summed E-state index contributed by atoms with van der Waals surface area (Å²) in [6.07, 6.45) is 0. The van der Waals surface area contributed by atoms with E-state index in [1.807, 2.05) is 12.1 Å². The summed E-state index contributed by atoms with van der Waals surface area (Å²) in [5, 5.41) is 2.85. The smallest absolute Gasteiger partial charge is 0.221 e. The molecule has 1 aromatic rings. The lowest BCUT2D eigenvalue weighted by molar-refractivity contribution is -0.114. The van der Waals surface area contributed by atoms with Crippen molar-refractivity contribution in [3.63, 3.8) is 0 Å². The largest absolute Gasteiger partial charge is 0.495 e. The van der Waals surface area contributed by atoms with Crippen molar-refractivity contribution in [3.8, 4) is 5.75 Å². The molecule has 0 bridgehead atoms. The number of benzene rings is 1. The van der Waals surface area contributed by atoms with Crippen molar-refractivity contribution in [1.29, 1.82) is 0 Å². The molecule has 0 saturated carbocycles. The van der Waals surface area contributed by atoms with E-state index in [1.54, 1.807) is 19.2 Å². The van der Waals surface area contributed by atoms with Crippen molar-refractivity contribution in [1.82, 2.24) is 0 Å². The van der Waals surface area contributed by atoms with Crippen LogP contribution in [0.3, 0.4) is 0 Å². The van der Waals surface area contributed by atoms with Crippen LogP contribution in [0, 0.1) is 0 Å². The predicted molar refractivity (Wildman–Crippen MR) is 63.9 cm³/mol. The van der Waals surface area contributed by atoms with E-state index in [9.17, 15) is 4.79 Å². The monoisotopic (exact) mass is 249 g/mol. The zero-order valence-corrected chi connectivity index (χ0v) is 10.1. The van der Waals surface area contributed by atoms with Gasteiger partial charge in [-0.3, -0.25) is 4.79 Å². The summed E-state index contributed by atoms with van der Waals surface area (Å²) in [5.74, 6) is 0.576. The van der Waals surface area contributed by atoms with E-state index < -0.39 is 0 Å². The first kappa shape index (κ1) is 14.1. The number of rotatable bonds is 2. The summed E-state index contributed by atoms with van der Waals surface area (Å²) in [6, 6.07) is 7.28. The van der Waals surface area contributed by atoms with Gasteiger partial charge in [0.15, 0.2) is 0 Å². The Balaban J connectivity index is 0.000000583. The molecule has 0 unspecified atom stereocenters. The molecule has 84 valence electrons. The summed E-state index contributed by atoms with van der Waals surface area (Å²) >= 11 is 9.53. The molecule has 1 N–H and O–H groups in total. The highest BCUT2D eigenvalue weighted by Gasteiger charge is 2.01. The Labute approximate surface area is 99.3 Å². The van der Waals surface area contributed by atoms with Gasteiger partial charge >= 0.3 is 0 Å². The number of amides is 1. The second kappa shape index (κ2) is 8.38. The SMILES string of the molecule is COc1ccccc1NC(C)=O.ClCCl. The normalized spacial score (nSPS) is 8.53. The fourth-order valence-corrected chi connectivity index (χ4v) is 0.938. The lowest BCUT2D eigenvalue weighted by atomic mass is 10.3. The number of halogens is 2. The van der Waals surface area contributed by atoms with E-state index in [-0.39, 0.29) is 11.2 Å². The van der Waals surface area contributed by atoms with Crippen LogP contribution in [0.4, 0.5) is 5.69 Å². The molecule has 3 nitrogen and oxygen atoms in total. The first-order valence-corrected chi connectivity index (χ1v) is 5.25. The topological polar surface area (TPSA) is 38.3 Å². The van der Waals surface area contributed by atoms with Crippen LogP contribution in [-0.4, -0.2) is 18.4 Å². The third-order valence-corrected chi connectivity index (χ3v) is 1.42. The second-order valence-electron chi connectivity index (χ2n) is 2.48. The third-order valence-electron chi connectivity index (χ3n) is 1.42. The highest BCUT2D eigenvalue weighted by Crippen LogP contribution is 2.22. The average molecular weight is 250 g/mol. The number of carbonyl (C=O) groups excluding carboxylic acids is 1. The van der Waals surface area contributed by atoms with E-state index in [0.29, 0.717) is 11.4 Å². The molecular weight excluding hydrogens is 237 g/mol. The van der Waals surface area contributed by atoms with Crippen molar-refractivity contribution in [2.75, 3.05) is 17.8 Å². The van der Waals surface area contributed by atoms with E-state index in [1.165, 1.54) is 6.92 Å². The predicted octanol–water partition coefficient (Wildman–Crippen LogP) is 3.08. The van der Waals surface area contributed by atoms with Crippen molar-refractivity contribution in [2.24, 2.45) is 0 Å². The number of ether oxygens (including phenoxy) is 1. The number of alkyl halides is 2. The lowest BCUT2D eigenvalue weighted by Gasteiger charge is -2.07. The van der Waals surface area contributed by atoms with Crippen molar-refractivity contribution >= 4 is 34.8 Å². The van der Waals surface area contributed by atoms with Gasteiger partial charge in [0.2, 0.25) is 5.91 Å². The van der Waals surface area contributed by atoms with Gasteiger partial charge in [0.1, 0.15) is 5.75 Å². The molecule has 0 spiro atoms. The molecule has 15 heavy (non-hydrogen) atoms. The van der Waals surface area contributed by atoms with Crippen LogP contribution in [0.1, 0.15) is 6.92 Å². The summed E-state index contributed by atoms with van der Waals surface area (Å²) < 4.78 is 5.03. The molecule has 0 aliphatic heterocycles. The van der Waals surface area contributed by atoms with Crippen LogP contribution in [0.25, 0.3) is 0 Å². The van der Waals surface area contributed by atoms with Gasteiger partial charge in [-0.05, 0) is 12.1 Å². The zero-order valence-electron chi connectivity index (χ0n) is 8.59. The Morgan fingerprint density at radius 1 is 1.40 bits per heavy atom. The quantitative estimate of drug-likeness (QED) is 0.819. The number of carbonyl (C=O) groups is 1. The summed E-state index contributed by atoms with van der Waals surface area (Å²) in [7, 11) is 1.57. The molecule has 1 rings (SSSR count). The van der Waals surface area contributed by atoms with Crippen molar-refractivity contribution < 1.29 is 9.53 Å². The Hall–Kier alpha value is -0.930. The molecular formula is C10H13Cl2NO2.